The van der Waals surface area contributed by atoms with Crippen LogP contribution in [0.15, 0.2) is 36.5 Å². The number of amides is 1. The maximum absolute atomic E-state index is 12.5. The van der Waals surface area contributed by atoms with Gasteiger partial charge in [0.25, 0.3) is 0 Å². The molecule has 0 aliphatic carbocycles. The average molecular weight is 1180 g/mol. The lowest BCUT2D eigenvalue weighted by Crippen LogP contribution is -2.45. The first kappa shape index (κ1) is 82.1. The Labute approximate surface area is 525 Å². The van der Waals surface area contributed by atoms with Gasteiger partial charge >= 0.3 is 5.97 Å². The maximum Gasteiger partial charge on any atom is 0.305 e. The first-order valence-corrected chi connectivity index (χ1v) is 38.3. The van der Waals surface area contributed by atoms with Crippen LogP contribution in [0.4, 0.5) is 0 Å². The molecule has 6 heteroatoms. The molecule has 2 unspecified atom stereocenters. The summed E-state index contributed by atoms with van der Waals surface area (Å²) >= 11 is 0. The number of unbranched alkanes of at least 4 members (excludes halogenated alkanes) is 57. The Bertz CT molecular complexity index is 1360. The van der Waals surface area contributed by atoms with Gasteiger partial charge in [0.1, 0.15) is 0 Å². The Kier molecular flexibility index (Phi) is 71.9. The van der Waals surface area contributed by atoms with E-state index in [2.05, 4.69) is 43.5 Å². The molecule has 0 fully saturated rings. The fourth-order valence-electron chi connectivity index (χ4n) is 12.0. The number of aliphatic hydroxyl groups excluding tert-OH is 2. The summed E-state index contributed by atoms with van der Waals surface area (Å²) in [7, 11) is 0. The minimum absolute atomic E-state index is 0.0138. The van der Waals surface area contributed by atoms with Crippen molar-refractivity contribution in [2.24, 2.45) is 0 Å². The summed E-state index contributed by atoms with van der Waals surface area (Å²) in [5.74, 6) is -0.0477. The third kappa shape index (κ3) is 69.2. The van der Waals surface area contributed by atoms with E-state index in [4.69, 9.17) is 4.74 Å². The van der Waals surface area contributed by atoms with Crippen LogP contribution >= 0.6 is 0 Å². The number of allylic oxidation sites excluding steroid dienone is 5. The zero-order valence-corrected chi connectivity index (χ0v) is 56.9. The minimum Gasteiger partial charge on any atom is -0.466 e. The van der Waals surface area contributed by atoms with Gasteiger partial charge in [-0.25, -0.2) is 0 Å². The molecule has 1 amide bonds. The monoisotopic (exact) mass is 1180 g/mol. The number of aliphatic hydroxyl groups is 2. The number of ether oxygens (including phenoxy) is 1. The van der Waals surface area contributed by atoms with Crippen LogP contribution < -0.4 is 5.32 Å². The van der Waals surface area contributed by atoms with E-state index in [1.54, 1.807) is 6.08 Å². The highest BCUT2D eigenvalue weighted by molar-refractivity contribution is 5.76. The van der Waals surface area contributed by atoms with Crippen LogP contribution in [0.3, 0.4) is 0 Å². The number of hydrogen-bond acceptors (Lipinski definition) is 5. The molecule has 0 aliphatic rings. The molecule has 0 aromatic carbocycles. The molecule has 3 N–H and O–H groups in total. The Morgan fingerprint density at radius 2 is 0.560 bits per heavy atom. The van der Waals surface area contributed by atoms with Crippen LogP contribution in [0, 0.1) is 0 Å². The van der Waals surface area contributed by atoms with Crippen LogP contribution in [0.5, 0.6) is 0 Å². The van der Waals surface area contributed by atoms with Crippen LogP contribution in [0.1, 0.15) is 425 Å². The molecule has 6 nitrogen and oxygen atoms in total. The highest BCUT2D eigenvalue weighted by Gasteiger charge is 2.18. The fraction of sp³-hybridized carbons (Fsp3) is 0.897. The lowest BCUT2D eigenvalue weighted by Gasteiger charge is -2.20. The fourth-order valence-corrected chi connectivity index (χ4v) is 12.0. The van der Waals surface area contributed by atoms with Crippen molar-refractivity contribution in [3.8, 4) is 0 Å². The summed E-state index contributed by atoms with van der Waals surface area (Å²) in [6, 6.07) is -0.625. The second-order valence-electron chi connectivity index (χ2n) is 26.3. The van der Waals surface area contributed by atoms with E-state index in [1.165, 1.54) is 353 Å². The number of carbonyl (C=O) groups excluding carboxylic acids is 2. The third-order valence-electron chi connectivity index (χ3n) is 17.9. The van der Waals surface area contributed by atoms with Crippen molar-refractivity contribution in [3.63, 3.8) is 0 Å². The van der Waals surface area contributed by atoms with Crippen molar-refractivity contribution >= 4 is 11.9 Å². The van der Waals surface area contributed by atoms with Gasteiger partial charge < -0.3 is 20.3 Å². The van der Waals surface area contributed by atoms with Gasteiger partial charge in [-0.1, -0.05) is 365 Å². The van der Waals surface area contributed by atoms with Gasteiger partial charge in [-0.3, -0.25) is 9.59 Å². The Balaban J connectivity index is 3.34. The lowest BCUT2D eigenvalue weighted by molar-refractivity contribution is -0.143. The molecular weight excluding hydrogens is 1030 g/mol. The molecule has 0 aromatic heterocycles. The van der Waals surface area contributed by atoms with Crippen LogP contribution in [0.25, 0.3) is 0 Å². The van der Waals surface area contributed by atoms with Crippen molar-refractivity contribution in [2.45, 2.75) is 437 Å². The number of nitrogens with one attached hydrogen (secondary N) is 1. The zero-order valence-electron chi connectivity index (χ0n) is 56.9. The van der Waals surface area contributed by atoms with E-state index >= 15 is 0 Å². The second kappa shape index (κ2) is 73.5. The van der Waals surface area contributed by atoms with Crippen LogP contribution in [-0.2, 0) is 14.3 Å². The Morgan fingerprint density at radius 3 is 0.845 bits per heavy atom. The molecule has 0 saturated carbocycles. The summed E-state index contributed by atoms with van der Waals surface area (Å²) in [5, 5.41) is 23.2. The average Bonchev–Trinajstić information content (AvgIpc) is 3.53. The number of rotatable bonds is 72. The molecule has 0 heterocycles. The molecule has 0 radical (unpaired) electrons. The number of carbonyl (C=O) groups is 2. The quantitative estimate of drug-likeness (QED) is 0.0320. The smallest absolute Gasteiger partial charge is 0.305 e. The molecule has 0 saturated heterocycles. The summed E-state index contributed by atoms with van der Waals surface area (Å²) in [4.78, 5) is 24.6. The van der Waals surface area contributed by atoms with Gasteiger partial charge in [0, 0.05) is 12.8 Å². The van der Waals surface area contributed by atoms with Crippen LogP contribution in [0.2, 0.25) is 0 Å². The molecule has 496 valence electrons. The Hall–Kier alpha value is -1.92. The maximum atomic E-state index is 12.5. The van der Waals surface area contributed by atoms with Gasteiger partial charge in [0.15, 0.2) is 0 Å². The summed E-state index contributed by atoms with van der Waals surface area (Å²) in [6.45, 7) is 4.93. The van der Waals surface area contributed by atoms with E-state index in [9.17, 15) is 19.8 Å². The van der Waals surface area contributed by atoms with E-state index in [0.717, 1.165) is 44.9 Å². The van der Waals surface area contributed by atoms with Crippen molar-refractivity contribution in [1.29, 1.82) is 0 Å². The number of esters is 1. The third-order valence-corrected chi connectivity index (χ3v) is 17.9. The van der Waals surface area contributed by atoms with Gasteiger partial charge in [-0.05, 0) is 83.5 Å². The summed E-state index contributed by atoms with van der Waals surface area (Å²) in [5.41, 5.74) is 0. The van der Waals surface area contributed by atoms with Crippen molar-refractivity contribution in [3.05, 3.63) is 36.5 Å². The van der Waals surface area contributed by atoms with Crippen LogP contribution in [-0.4, -0.2) is 47.4 Å². The predicted octanol–water partition coefficient (Wildman–Crippen LogP) is 25.0. The van der Waals surface area contributed by atoms with E-state index in [0.29, 0.717) is 19.4 Å². The molecule has 0 aliphatic heterocycles. The normalized spacial score (nSPS) is 12.7. The Morgan fingerprint density at radius 1 is 0.321 bits per heavy atom. The molecule has 0 aromatic rings. The number of hydrogen-bond donors (Lipinski definition) is 3. The lowest BCUT2D eigenvalue weighted by atomic mass is 10.0. The van der Waals surface area contributed by atoms with E-state index in [-0.39, 0.29) is 18.5 Å². The standard InChI is InChI=1S/C78H149NO5/c1-3-5-7-9-11-13-15-17-42-46-50-54-58-62-66-70-76(81)75(74-80)79-77(82)71-67-63-59-55-51-47-44-40-38-36-34-32-30-28-26-24-22-20-19-21-23-25-27-29-31-33-35-37-39-41-45-49-53-57-61-65-69-73-84-78(83)72-68-64-60-56-52-48-43-18-16-14-12-10-8-6-4-2/h18-19,21,43,66,70,75-76,80-81H,3-17,20,22-42,44-65,67-69,71-74H2,1-2H3,(H,79,82)/b21-19-,43-18-,70-66+. The van der Waals surface area contributed by atoms with Gasteiger partial charge in [0.2, 0.25) is 5.91 Å². The first-order valence-electron chi connectivity index (χ1n) is 38.3. The summed E-state index contributed by atoms with van der Waals surface area (Å²) < 4.78 is 5.50. The van der Waals surface area contributed by atoms with Crippen molar-refractivity contribution in [1.82, 2.24) is 5.32 Å². The molecule has 0 spiro atoms. The van der Waals surface area contributed by atoms with Crippen molar-refractivity contribution in [2.75, 3.05) is 13.2 Å². The van der Waals surface area contributed by atoms with Crippen molar-refractivity contribution < 1.29 is 24.5 Å². The van der Waals surface area contributed by atoms with E-state index < -0.39 is 12.1 Å². The molecule has 0 bridgehead atoms. The largest absolute Gasteiger partial charge is 0.466 e. The van der Waals surface area contributed by atoms with E-state index in [1.807, 2.05) is 6.08 Å². The SMILES string of the molecule is CCCCCCCC/C=C\CCCCCCCC(=O)OCCCCCCCCCCCCCCCCCC/C=C\CCCCCCCCCCCCCCCCCCCC(=O)NC(CO)C(O)/C=C/CCCCCCCCCCCCCCC. The molecule has 2 atom stereocenters. The predicted molar refractivity (Wildman–Crippen MR) is 370 cm³/mol. The minimum atomic E-state index is -0.841. The molecule has 84 heavy (non-hydrogen) atoms. The first-order chi connectivity index (χ1) is 41.5. The zero-order chi connectivity index (χ0) is 60.6. The highest BCUT2D eigenvalue weighted by atomic mass is 16.5. The van der Waals surface area contributed by atoms with Gasteiger partial charge in [-0.2, -0.15) is 0 Å². The molecular formula is C78H149NO5. The molecule has 0 rings (SSSR count). The second-order valence-corrected chi connectivity index (χ2v) is 26.3. The van der Waals surface area contributed by atoms with Gasteiger partial charge in [-0.15, -0.1) is 0 Å². The van der Waals surface area contributed by atoms with Gasteiger partial charge in [0.05, 0.1) is 25.4 Å². The summed E-state index contributed by atoms with van der Waals surface area (Å²) in [6.07, 6.45) is 95.5. The topological polar surface area (TPSA) is 95.9 Å². The highest BCUT2D eigenvalue weighted by Crippen LogP contribution is 2.19.